The molecule has 1 atom stereocenters. The summed E-state index contributed by atoms with van der Waals surface area (Å²) in [6.07, 6.45) is 0.359. The van der Waals surface area contributed by atoms with Gasteiger partial charge in [0.1, 0.15) is 6.07 Å². The first-order valence-corrected chi connectivity index (χ1v) is 4.87. The predicted octanol–water partition coefficient (Wildman–Crippen LogP) is 2.01. The van der Waals surface area contributed by atoms with Crippen molar-refractivity contribution in [2.45, 2.75) is 25.9 Å². The Labute approximate surface area is 94.3 Å². The molecule has 0 bridgehead atoms. The van der Waals surface area contributed by atoms with Gasteiger partial charge < -0.3 is 0 Å². The highest BCUT2D eigenvalue weighted by Gasteiger charge is 2.28. The summed E-state index contributed by atoms with van der Waals surface area (Å²) in [6.45, 7) is 2.79. The highest BCUT2D eigenvalue weighted by atomic mass is 17.2. The quantitative estimate of drug-likeness (QED) is 0.574. The van der Waals surface area contributed by atoms with Gasteiger partial charge in [0.15, 0.2) is 0 Å². The van der Waals surface area contributed by atoms with Crippen LogP contribution in [-0.2, 0) is 21.0 Å². The van der Waals surface area contributed by atoms with Crippen molar-refractivity contribution in [2.24, 2.45) is 0 Å². The number of carbonyl (C=O) groups excluding carboxylic acids is 1. The van der Waals surface area contributed by atoms with Crippen molar-refractivity contribution in [2.75, 3.05) is 0 Å². The zero-order valence-electron chi connectivity index (χ0n) is 9.27. The minimum Gasteiger partial charge on any atom is -0.297 e. The molecule has 0 aromatic heterocycles. The first kappa shape index (κ1) is 12.2. The van der Waals surface area contributed by atoms with Gasteiger partial charge in [0.2, 0.25) is 5.60 Å². The van der Waals surface area contributed by atoms with Crippen LogP contribution in [0.15, 0.2) is 30.3 Å². The predicted molar refractivity (Wildman–Crippen MR) is 57.0 cm³/mol. The largest absolute Gasteiger partial charge is 0.339 e. The molecule has 0 N–H and O–H groups in total. The molecule has 16 heavy (non-hydrogen) atoms. The first-order valence-electron chi connectivity index (χ1n) is 4.87. The van der Waals surface area contributed by atoms with Crippen LogP contribution in [0.25, 0.3) is 0 Å². The van der Waals surface area contributed by atoms with Gasteiger partial charge in [0.05, 0.1) is 0 Å². The summed E-state index contributed by atoms with van der Waals surface area (Å²) in [6, 6.07) is 11.4. The summed E-state index contributed by atoms with van der Waals surface area (Å²) in [5.74, 6) is -0.575. The van der Waals surface area contributed by atoms with Gasteiger partial charge in [0.25, 0.3) is 0 Å². The Morgan fingerprint density at radius 1 is 1.44 bits per heavy atom. The SMILES string of the molecule is CC(=O)OOC(C)(C#N)Cc1ccccc1. The lowest BCUT2D eigenvalue weighted by Crippen LogP contribution is -2.30. The second kappa shape index (κ2) is 5.29. The van der Waals surface area contributed by atoms with Crippen LogP contribution in [0.5, 0.6) is 0 Å². The monoisotopic (exact) mass is 219 g/mol. The summed E-state index contributed by atoms with van der Waals surface area (Å²) < 4.78 is 0. The van der Waals surface area contributed by atoms with Crippen LogP contribution in [0.4, 0.5) is 0 Å². The molecule has 1 unspecified atom stereocenters. The van der Waals surface area contributed by atoms with Gasteiger partial charge in [-0.05, 0) is 12.5 Å². The van der Waals surface area contributed by atoms with Crippen LogP contribution in [0, 0.1) is 11.3 Å². The summed E-state index contributed by atoms with van der Waals surface area (Å²) in [5, 5.41) is 8.99. The third-order valence-electron chi connectivity index (χ3n) is 1.96. The maximum Gasteiger partial charge on any atom is 0.339 e. The Bertz CT molecular complexity index is 396. The molecular formula is C12H13NO3. The number of carbonyl (C=O) groups is 1. The Morgan fingerprint density at radius 3 is 2.56 bits per heavy atom. The molecular weight excluding hydrogens is 206 g/mol. The topological polar surface area (TPSA) is 59.3 Å². The summed E-state index contributed by atoms with van der Waals surface area (Å²) in [5.41, 5.74) is -0.216. The molecule has 4 nitrogen and oxygen atoms in total. The number of nitrogens with zero attached hydrogens (tertiary/aromatic N) is 1. The number of hydrogen-bond acceptors (Lipinski definition) is 4. The average molecular weight is 219 g/mol. The highest BCUT2D eigenvalue weighted by Crippen LogP contribution is 2.17. The van der Waals surface area contributed by atoms with E-state index in [1.165, 1.54) is 6.92 Å². The van der Waals surface area contributed by atoms with Crippen molar-refractivity contribution in [3.05, 3.63) is 35.9 Å². The summed E-state index contributed by atoms with van der Waals surface area (Å²) in [4.78, 5) is 19.8. The zero-order chi connectivity index (χ0) is 12.0. The van der Waals surface area contributed by atoms with Crippen LogP contribution in [0.3, 0.4) is 0 Å². The normalized spacial score (nSPS) is 13.6. The maximum absolute atomic E-state index is 10.6. The van der Waals surface area contributed by atoms with Crippen LogP contribution < -0.4 is 0 Å². The van der Waals surface area contributed by atoms with Crippen molar-refractivity contribution < 1.29 is 14.6 Å². The molecule has 0 saturated carbocycles. The second-order valence-electron chi connectivity index (χ2n) is 3.66. The number of hydrogen-bond donors (Lipinski definition) is 0. The Balaban J connectivity index is 2.67. The average Bonchev–Trinajstić information content (AvgIpc) is 2.28. The van der Waals surface area contributed by atoms with E-state index in [1.54, 1.807) is 6.92 Å². The lowest BCUT2D eigenvalue weighted by molar-refractivity contribution is -0.312. The molecule has 0 aliphatic carbocycles. The summed E-state index contributed by atoms with van der Waals surface area (Å²) in [7, 11) is 0. The molecule has 0 heterocycles. The van der Waals surface area contributed by atoms with E-state index in [9.17, 15) is 4.79 Å². The van der Waals surface area contributed by atoms with Gasteiger partial charge in [-0.25, -0.2) is 4.79 Å². The fourth-order valence-electron chi connectivity index (χ4n) is 1.22. The molecule has 0 saturated heterocycles. The molecule has 0 aliphatic rings. The standard InChI is InChI=1S/C12H13NO3/c1-10(14)15-16-12(2,9-13)8-11-6-4-3-5-7-11/h3-7H,8H2,1-2H3. The highest BCUT2D eigenvalue weighted by molar-refractivity contribution is 5.65. The maximum atomic E-state index is 10.6. The number of nitriles is 1. The molecule has 84 valence electrons. The minimum atomic E-state index is -1.16. The van der Waals surface area contributed by atoms with Gasteiger partial charge in [0, 0.05) is 13.3 Å². The fourth-order valence-corrected chi connectivity index (χ4v) is 1.22. The lowest BCUT2D eigenvalue weighted by Gasteiger charge is -2.19. The first-order chi connectivity index (χ1) is 7.56. The molecule has 0 spiro atoms. The summed E-state index contributed by atoms with van der Waals surface area (Å²) >= 11 is 0. The Hall–Kier alpha value is -1.86. The van der Waals surface area contributed by atoms with Crippen molar-refractivity contribution >= 4 is 5.97 Å². The van der Waals surface area contributed by atoms with Crippen molar-refractivity contribution in [1.29, 1.82) is 5.26 Å². The molecule has 1 rings (SSSR count). The smallest absolute Gasteiger partial charge is 0.297 e. The van der Waals surface area contributed by atoms with Gasteiger partial charge in [-0.15, -0.1) is 0 Å². The van der Waals surface area contributed by atoms with E-state index in [1.807, 2.05) is 36.4 Å². The molecule has 1 aromatic carbocycles. The lowest BCUT2D eigenvalue weighted by atomic mass is 9.98. The Kier molecular flexibility index (Phi) is 4.03. The van der Waals surface area contributed by atoms with Gasteiger partial charge in [-0.2, -0.15) is 10.1 Å². The number of rotatable bonds is 4. The number of benzene rings is 1. The third kappa shape index (κ3) is 3.71. The van der Waals surface area contributed by atoms with E-state index >= 15 is 0 Å². The van der Waals surface area contributed by atoms with Crippen LogP contribution >= 0.6 is 0 Å². The van der Waals surface area contributed by atoms with Crippen molar-refractivity contribution in [3.63, 3.8) is 0 Å². The Morgan fingerprint density at radius 2 is 2.06 bits per heavy atom. The van der Waals surface area contributed by atoms with Crippen LogP contribution in [-0.4, -0.2) is 11.6 Å². The van der Waals surface area contributed by atoms with Gasteiger partial charge >= 0.3 is 5.97 Å². The fraction of sp³-hybridized carbons (Fsp3) is 0.333. The molecule has 0 aliphatic heterocycles. The minimum absolute atomic E-state index is 0.359. The molecule has 0 fully saturated rings. The molecule has 0 radical (unpaired) electrons. The van der Waals surface area contributed by atoms with Gasteiger partial charge in [-0.3, -0.25) is 4.89 Å². The third-order valence-corrected chi connectivity index (χ3v) is 1.96. The molecule has 1 aromatic rings. The van der Waals surface area contributed by atoms with Crippen molar-refractivity contribution in [3.8, 4) is 6.07 Å². The zero-order valence-corrected chi connectivity index (χ0v) is 9.27. The van der Waals surface area contributed by atoms with E-state index in [-0.39, 0.29) is 0 Å². The molecule has 4 heteroatoms. The van der Waals surface area contributed by atoms with Crippen LogP contribution in [0.2, 0.25) is 0 Å². The van der Waals surface area contributed by atoms with E-state index in [0.717, 1.165) is 5.56 Å². The second-order valence-corrected chi connectivity index (χ2v) is 3.66. The van der Waals surface area contributed by atoms with E-state index in [2.05, 4.69) is 4.89 Å². The van der Waals surface area contributed by atoms with Crippen LogP contribution in [0.1, 0.15) is 19.4 Å². The van der Waals surface area contributed by atoms with E-state index in [0.29, 0.717) is 6.42 Å². The van der Waals surface area contributed by atoms with E-state index < -0.39 is 11.6 Å². The van der Waals surface area contributed by atoms with Gasteiger partial charge in [-0.1, -0.05) is 30.3 Å². The van der Waals surface area contributed by atoms with Crippen molar-refractivity contribution in [1.82, 2.24) is 0 Å². The molecule has 0 amide bonds. The van der Waals surface area contributed by atoms with E-state index in [4.69, 9.17) is 10.1 Å².